The molecule has 2 rings (SSSR count). The van der Waals surface area contributed by atoms with Gasteiger partial charge in [-0.2, -0.15) is 0 Å². The topological polar surface area (TPSA) is 52.6 Å². The van der Waals surface area contributed by atoms with E-state index >= 15 is 0 Å². The summed E-state index contributed by atoms with van der Waals surface area (Å²) < 4.78 is 0. The smallest absolute Gasteiger partial charge is 0.248 e. The van der Waals surface area contributed by atoms with Gasteiger partial charge in [0.05, 0.1) is 0 Å². The van der Waals surface area contributed by atoms with E-state index in [9.17, 15) is 4.79 Å². The SMILES string of the molecule is CC(O)C(=O)NCC1CCN(CCc2ccccc2)CC1. The molecule has 1 aromatic carbocycles. The van der Waals surface area contributed by atoms with Crippen LogP contribution in [0.1, 0.15) is 25.3 Å². The maximum absolute atomic E-state index is 11.3. The fourth-order valence-corrected chi connectivity index (χ4v) is 2.74. The van der Waals surface area contributed by atoms with Gasteiger partial charge in [0, 0.05) is 13.1 Å². The van der Waals surface area contributed by atoms with E-state index in [4.69, 9.17) is 5.11 Å². The van der Waals surface area contributed by atoms with Crippen molar-refractivity contribution < 1.29 is 9.90 Å². The molecule has 1 aliphatic rings. The number of aliphatic hydroxyl groups is 1. The quantitative estimate of drug-likeness (QED) is 0.833. The summed E-state index contributed by atoms with van der Waals surface area (Å²) in [5.74, 6) is 0.280. The van der Waals surface area contributed by atoms with Crippen molar-refractivity contribution in [1.29, 1.82) is 0 Å². The van der Waals surface area contributed by atoms with Crippen molar-refractivity contribution in [2.24, 2.45) is 5.92 Å². The number of hydrogen-bond donors (Lipinski definition) is 2. The Morgan fingerprint density at radius 1 is 1.33 bits per heavy atom. The molecule has 0 aromatic heterocycles. The van der Waals surface area contributed by atoms with Crippen LogP contribution in [0.5, 0.6) is 0 Å². The van der Waals surface area contributed by atoms with Crippen molar-refractivity contribution in [2.45, 2.75) is 32.3 Å². The maximum atomic E-state index is 11.3. The highest BCUT2D eigenvalue weighted by Crippen LogP contribution is 2.16. The number of amides is 1. The second kappa shape index (κ2) is 8.15. The number of nitrogens with zero attached hydrogens (tertiary/aromatic N) is 1. The summed E-state index contributed by atoms with van der Waals surface area (Å²) in [5.41, 5.74) is 1.39. The number of likely N-dealkylation sites (tertiary alicyclic amines) is 1. The first kappa shape index (κ1) is 16.0. The summed E-state index contributed by atoms with van der Waals surface area (Å²) >= 11 is 0. The van der Waals surface area contributed by atoms with Crippen molar-refractivity contribution in [1.82, 2.24) is 10.2 Å². The van der Waals surface area contributed by atoms with Crippen LogP contribution in [0.25, 0.3) is 0 Å². The lowest BCUT2D eigenvalue weighted by atomic mass is 9.96. The number of carbonyl (C=O) groups is 1. The van der Waals surface area contributed by atoms with Gasteiger partial charge < -0.3 is 15.3 Å². The van der Waals surface area contributed by atoms with Crippen LogP contribution < -0.4 is 5.32 Å². The fraction of sp³-hybridized carbons (Fsp3) is 0.588. The van der Waals surface area contributed by atoms with E-state index in [2.05, 4.69) is 40.5 Å². The lowest BCUT2D eigenvalue weighted by molar-refractivity contribution is -0.128. The summed E-state index contributed by atoms with van der Waals surface area (Å²) in [4.78, 5) is 13.8. The summed E-state index contributed by atoms with van der Waals surface area (Å²) in [6.07, 6.45) is 2.43. The molecule has 2 N–H and O–H groups in total. The Kier molecular flexibility index (Phi) is 6.21. The number of piperidine rings is 1. The first-order valence-corrected chi connectivity index (χ1v) is 7.87. The van der Waals surface area contributed by atoms with Crippen LogP contribution in [0.3, 0.4) is 0 Å². The van der Waals surface area contributed by atoms with Gasteiger partial charge in [-0.1, -0.05) is 30.3 Å². The maximum Gasteiger partial charge on any atom is 0.248 e. The predicted octanol–water partition coefficient (Wildman–Crippen LogP) is 1.44. The lowest BCUT2D eigenvalue weighted by Gasteiger charge is -2.32. The molecule has 0 spiro atoms. The third kappa shape index (κ3) is 5.48. The van der Waals surface area contributed by atoms with Gasteiger partial charge in [0.1, 0.15) is 6.10 Å². The van der Waals surface area contributed by atoms with E-state index in [1.165, 1.54) is 12.5 Å². The van der Waals surface area contributed by atoms with Crippen LogP contribution in [0.2, 0.25) is 0 Å². The first-order chi connectivity index (χ1) is 10.1. The molecule has 1 aromatic rings. The second-order valence-corrected chi connectivity index (χ2v) is 5.94. The average molecular weight is 290 g/mol. The molecule has 0 bridgehead atoms. The van der Waals surface area contributed by atoms with E-state index < -0.39 is 6.10 Å². The minimum absolute atomic E-state index is 0.262. The molecule has 4 nitrogen and oxygen atoms in total. The molecular formula is C17H26N2O2. The summed E-state index contributed by atoms with van der Waals surface area (Å²) in [5, 5.41) is 12.0. The average Bonchev–Trinajstić information content (AvgIpc) is 2.52. The van der Waals surface area contributed by atoms with Crippen LogP contribution >= 0.6 is 0 Å². The summed E-state index contributed by atoms with van der Waals surface area (Å²) in [7, 11) is 0. The number of carbonyl (C=O) groups excluding carboxylic acids is 1. The zero-order chi connectivity index (χ0) is 15.1. The van der Waals surface area contributed by atoms with E-state index in [-0.39, 0.29) is 5.91 Å². The highest BCUT2D eigenvalue weighted by atomic mass is 16.3. The summed E-state index contributed by atoms with van der Waals surface area (Å²) in [6.45, 7) is 5.50. The molecule has 1 aliphatic heterocycles. The van der Waals surface area contributed by atoms with Crippen LogP contribution in [0.15, 0.2) is 30.3 Å². The molecule has 1 unspecified atom stereocenters. The predicted molar refractivity (Wildman–Crippen MR) is 84.0 cm³/mol. The Labute approximate surface area is 127 Å². The van der Waals surface area contributed by atoms with Gasteiger partial charge in [-0.3, -0.25) is 4.79 Å². The van der Waals surface area contributed by atoms with Crippen LogP contribution in [-0.2, 0) is 11.2 Å². The molecule has 0 saturated carbocycles. The third-order valence-electron chi connectivity index (χ3n) is 4.21. The minimum Gasteiger partial charge on any atom is -0.384 e. The highest BCUT2D eigenvalue weighted by Gasteiger charge is 2.20. The zero-order valence-corrected chi connectivity index (χ0v) is 12.8. The largest absolute Gasteiger partial charge is 0.384 e. The van der Waals surface area contributed by atoms with Gasteiger partial charge in [-0.15, -0.1) is 0 Å². The van der Waals surface area contributed by atoms with Gasteiger partial charge in [-0.05, 0) is 50.8 Å². The molecule has 1 saturated heterocycles. The van der Waals surface area contributed by atoms with Crippen LogP contribution in [0, 0.1) is 5.92 Å². The van der Waals surface area contributed by atoms with E-state index in [1.807, 2.05) is 0 Å². The minimum atomic E-state index is -0.907. The number of rotatable bonds is 6. The Morgan fingerprint density at radius 2 is 2.00 bits per heavy atom. The molecule has 4 heteroatoms. The molecule has 1 heterocycles. The van der Waals surface area contributed by atoms with Gasteiger partial charge in [-0.25, -0.2) is 0 Å². The fourth-order valence-electron chi connectivity index (χ4n) is 2.74. The normalized spacial score (nSPS) is 18.4. The van der Waals surface area contributed by atoms with Gasteiger partial charge >= 0.3 is 0 Å². The molecule has 1 atom stereocenters. The molecule has 21 heavy (non-hydrogen) atoms. The Hall–Kier alpha value is -1.39. The van der Waals surface area contributed by atoms with Crippen LogP contribution in [-0.4, -0.2) is 48.2 Å². The third-order valence-corrected chi connectivity index (χ3v) is 4.21. The highest BCUT2D eigenvalue weighted by molar-refractivity contribution is 5.79. The van der Waals surface area contributed by atoms with Crippen molar-refractivity contribution in [3.63, 3.8) is 0 Å². The molecule has 0 radical (unpaired) electrons. The molecular weight excluding hydrogens is 264 g/mol. The van der Waals surface area contributed by atoms with Crippen molar-refractivity contribution in [3.8, 4) is 0 Å². The van der Waals surface area contributed by atoms with Gasteiger partial charge in [0.2, 0.25) is 5.91 Å². The number of hydrogen-bond acceptors (Lipinski definition) is 3. The van der Waals surface area contributed by atoms with Crippen LogP contribution in [0.4, 0.5) is 0 Å². The monoisotopic (exact) mass is 290 g/mol. The van der Waals surface area contributed by atoms with Gasteiger partial charge in [0.15, 0.2) is 0 Å². The molecule has 1 fully saturated rings. The first-order valence-electron chi connectivity index (χ1n) is 7.87. The number of aliphatic hydroxyl groups excluding tert-OH is 1. The van der Waals surface area contributed by atoms with Crippen molar-refractivity contribution >= 4 is 5.91 Å². The number of benzene rings is 1. The molecule has 1 amide bonds. The lowest BCUT2D eigenvalue weighted by Crippen LogP contribution is -2.41. The van der Waals surface area contributed by atoms with Crippen molar-refractivity contribution in [3.05, 3.63) is 35.9 Å². The zero-order valence-electron chi connectivity index (χ0n) is 12.8. The van der Waals surface area contributed by atoms with Gasteiger partial charge in [0.25, 0.3) is 0 Å². The van der Waals surface area contributed by atoms with Crippen molar-refractivity contribution in [2.75, 3.05) is 26.2 Å². The number of nitrogens with one attached hydrogen (secondary N) is 1. The standard InChI is InChI=1S/C17H26N2O2/c1-14(20)17(21)18-13-16-8-11-19(12-9-16)10-7-15-5-3-2-4-6-15/h2-6,14,16,20H,7-13H2,1H3,(H,18,21). The molecule has 0 aliphatic carbocycles. The van der Waals surface area contributed by atoms with E-state index in [0.29, 0.717) is 12.5 Å². The molecule has 116 valence electrons. The van der Waals surface area contributed by atoms with E-state index in [1.54, 1.807) is 0 Å². The second-order valence-electron chi connectivity index (χ2n) is 5.94. The Bertz CT molecular complexity index is 426. The Morgan fingerprint density at radius 3 is 2.62 bits per heavy atom. The summed E-state index contributed by atoms with van der Waals surface area (Å²) in [6, 6.07) is 10.6. The van der Waals surface area contributed by atoms with E-state index in [0.717, 1.165) is 38.9 Å². The Balaban J connectivity index is 1.63.